The van der Waals surface area contributed by atoms with Crippen LogP contribution < -0.4 is 0 Å². The molecule has 0 rings (SSSR count). The fraction of sp³-hybridized carbons (Fsp3) is 0.667. The molecule has 2 radical (unpaired) electrons. The molecule has 0 aromatic rings. The Morgan fingerprint density at radius 3 is 1.83 bits per heavy atom. The van der Waals surface area contributed by atoms with Crippen LogP contribution in [0.5, 0.6) is 0 Å². The monoisotopic (exact) mass is 83.1 g/mol. The summed E-state index contributed by atoms with van der Waals surface area (Å²) < 4.78 is 0. The molecule has 0 spiro atoms. The fourth-order valence-corrected chi connectivity index (χ4v) is 0. The van der Waals surface area contributed by atoms with Gasteiger partial charge in [0.15, 0.2) is 5.81 Å². The number of rotatable bonds is 0. The molecule has 6 heavy (non-hydrogen) atoms. The van der Waals surface area contributed by atoms with Gasteiger partial charge in [0, 0.05) is 14.1 Å². The lowest BCUT2D eigenvalue weighted by molar-refractivity contribution is 0.240. The first-order valence-electron chi connectivity index (χ1n) is 1.61. The predicted molar refractivity (Wildman–Crippen MR) is 24.8 cm³/mol. The third kappa shape index (κ3) is 1.82. The quantitative estimate of drug-likeness (QED) is 0.372. The summed E-state index contributed by atoms with van der Waals surface area (Å²) in [6.07, 6.45) is 0. The average molecular weight is 82.9 g/mol. The Morgan fingerprint density at radius 2 is 1.83 bits per heavy atom. The van der Waals surface area contributed by atoms with Crippen molar-refractivity contribution in [3.05, 3.63) is 0 Å². The maximum absolute atomic E-state index is 9.85. The highest BCUT2D eigenvalue weighted by molar-refractivity contribution is 6.56. The summed E-state index contributed by atoms with van der Waals surface area (Å²) in [6, 6.07) is 0. The summed E-state index contributed by atoms with van der Waals surface area (Å²) in [5.74, 6) is -0.407. The van der Waals surface area contributed by atoms with E-state index in [0.717, 1.165) is 0 Å². The van der Waals surface area contributed by atoms with Gasteiger partial charge in [-0.3, -0.25) is 4.79 Å². The lowest BCUT2D eigenvalue weighted by Gasteiger charge is -2.03. The van der Waals surface area contributed by atoms with Crippen molar-refractivity contribution in [3.63, 3.8) is 0 Å². The van der Waals surface area contributed by atoms with Crippen molar-refractivity contribution in [1.82, 2.24) is 4.90 Å². The number of hydrogen-bond donors (Lipinski definition) is 0. The maximum Gasteiger partial charge on any atom is 0.200 e. The molecule has 0 unspecified atom stereocenters. The fourth-order valence-electron chi connectivity index (χ4n) is 0. The molecule has 1 amide bonds. The molecule has 2 nitrogen and oxygen atoms in total. The summed E-state index contributed by atoms with van der Waals surface area (Å²) >= 11 is 0. The van der Waals surface area contributed by atoms with Gasteiger partial charge in [0.1, 0.15) is 0 Å². The van der Waals surface area contributed by atoms with E-state index in [1.807, 2.05) is 0 Å². The Balaban J connectivity index is 3.26. The average Bonchev–Trinajstić information content (AvgIpc) is 1.36. The van der Waals surface area contributed by atoms with Crippen molar-refractivity contribution in [1.29, 1.82) is 0 Å². The first kappa shape index (κ1) is 5.53. The van der Waals surface area contributed by atoms with E-state index in [2.05, 4.69) is 0 Å². The Labute approximate surface area is 38.5 Å². The first-order valence-corrected chi connectivity index (χ1v) is 1.61. The number of amides is 1. The second-order valence-electron chi connectivity index (χ2n) is 1.23. The normalized spacial score (nSPS) is 7.67. The van der Waals surface area contributed by atoms with Crippen molar-refractivity contribution in [2.45, 2.75) is 0 Å². The first-order chi connectivity index (χ1) is 2.64. The van der Waals surface area contributed by atoms with Crippen LogP contribution in [0.3, 0.4) is 0 Å². The lowest BCUT2D eigenvalue weighted by atomic mass is 10.1. The Hall–Kier alpha value is -0.465. The van der Waals surface area contributed by atoms with Crippen LogP contribution in [-0.2, 0) is 0 Å². The van der Waals surface area contributed by atoms with Gasteiger partial charge in [-0.15, -0.1) is 0 Å². The molecule has 0 aliphatic heterocycles. The van der Waals surface area contributed by atoms with Gasteiger partial charge in [-0.2, -0.15) is 0 Å². The van der Waals surface area contributed by atoms with Crippen molar-refractivity contribution >= 4 is 13.7 Å². The van der Waals surface area contributed by atoms with E-state index in [0.29, 0.717) is 0 Å². The van der Waals surface area contributed by atoms with Crippen LogP contribution >= 0.6 is 0 Å². The Kier molecular flexibility index (Phi) is 1.71. The van der Waals surface area contributed by atoms with Crippen molar-refractivity contribution in [2.75, 3.05) is 14.1 Å². The van der Waals surface area contributed by atoms with Crippen LogP contribution in [0, 0.1) is 0 Å². The SMILES string of the molecule is [B]C(=O)N(C)C. The van der Waals surface area contributed by atoms with Crippen LogP contribution in [-0.4, -0.2) is 32.6 Å². The van der Waals surface area contributed by atoms with Crippen molar-refractivity contribution in [2.24, 2.45) is 0 Å². The summed E-state index contributed by atoms with van der Waals surface area (Å²) in [5.41, 5.74) is 0. The zero-order valence-corrected chi connectivity index (χ0v) is 3.93. The van der Waals surface area contributed by atoms with Crippen LogP contribution in [0.25, 0.3) is 0 Å². The highest BCUT2D eigenvalue weighted by Gasteiger charge is 1.87. The van der Waals surface area contributed by atoms with Gasteiger partial charge < -0.3 is 4.90 Å². The van der Waals surface area contributed by atoms with E-state index in [1.165, 1.54) is 4.90 Å². The second kappa shape index (κ2) is 1.85. The highest BCUT2D eigenvalue weighted by Crippen LogP contribution is 1.69. The maximum atomic E-state index is 9.85. The van der Waals surface area contributed by atoms with Gasteiger partial charge in [0.05, 0.1) is 0 Å². The molecule has 0 N–H and O–H groups in total. The molecular weight excluding hydrogens is 76.9 g/mol. The molecule has 3 heteroatoms. The highest BCUT2D eigenvalue weighted by atomic mass is 16.1. The van der Waals surface area contributed by atoms with Gasteiger partial charge in [-0.05, 0) is 0 Å². The third-order valence-electron chi connectivity index (χ3n) is 0.441. The van der Waals surface area contributed by atoms with E-state index in [9.17, 15) is 4.79 Å². The summed E-state index contributed by atoms with van der Waals surface area (Å²) in [5, 5.41) is 0. The van der Waals surface area contributed by atoms with Crippen LogP contribution in [0.1, 0.15) is 0 Å². The van der Waals surface area contributed by atoms with Crippen LogP contribution in [0.2, 0.25) is 0 Å². The Morgan fingerprint density at radius 1 is 1.67 bits per heavy atom. The standard InChI is InChI=1S/C3H6BNO/c1-5(2)3(4)6/h1-2H3. The van der Waals surface area contributed by atoms with E-state index in [4.69, 9.17) is 7.85 Å². The number of carbonyl (C=O) groups is 1. The Bertz CT molecular complexity index is 61.8. The predicted octanol–water partition coefficient (Wildman–Crippen LogP) is -0.163. The van der Waals surface area contributed by atoms with Crippen LogP contribution in [0.4, 0.5) is 4.79 Å². The molecule has 32 valence electrons. The number of carbonyl (C=O) groups excluding carboxylic acids is 1. The van der Waals surface area contributed by atoms with E-state index >= 15 is 0 Å². The molecule has 0 saturated carbocycles. The molecule has 0 aromatic carbocycles. The van der Waals surface area contributed by atoms with Gasteiger partial charge >= 0.3 is 0 Å². The molecule has 0 aliphatic rings. The van der Waals surface area contributed by atoms with Crippen molar-refractivity contribution in [3.8, 4) is 0 Å². The van der Waals surface area contributed by atoms with E-state index < -0.39 is 5.81 Å². The largest absolute Gasteiger partial charge is 0.359 e. The number of hydrogen-bond acceptors (Lipinski definition) is 1. The summed E-state index contributed by atoms with van der Waals surface area (Å²) in [7, 11) is 7.92. The molecule has 0 saturated heterocycles. The van der Waals surface area contributed by atoms with Gasteiger partial charge in [0.2, 0.25) is 7.85 Å². The zero-order chi connectivity index (χ0) is 5.15. The third-order valence-corrected chi connectivity index (χ3v) is 0.441. The van der Waals surface area contributed by atoms with E-state index in [-0.39, 0.29) is 0 Å². The molecule has 0 fully saturated rings. The molecule has 0 bridgehead atoms. The zero-order valence-electron chi connectivity index (χ0n) is 3.93. The van der Waals surface area contributed by atoms with Gasteiger partial charge in [-0.1, -0.05) is 0 Å². The molecule has 0 aromatic heterocycles. The van der Waals surface area contributed by atoms with Gasteiger partial charge in [0.25, 0.3) is 0 Å². The number of nitrogens with zero attached hydrogens (tertiary/aromatic N) is 1. The van der Waals surface area contributed by atoms with Gasteiger partial charge in [-0.25, -0.2) is 0 Å². The lowest BCUT2D eigenvalue weighted by Crippen LogP contribution is -2.18. The summed E-state index contributed by atoms with van der Waals surface area (Å²) in [4.78, 5) is 11.2. The van der Waals surface area contributed by atoms with Crippen LogP contribution in [0.15, 0.2) is 0 Å². The minimum absolute atomic E-state index is 0.407. The van der Waals surface area contributed by atoms with Crippen molar-refractivity contribution < 1.29 is 4.79 Å². The summed E-state index contributed by atoms with van der Waals surface area (Å²) in [6.45, 7) is 0. The molecule has 0 aliphatic carbocycles. The second-order valence-corrected chi connectivity index (χ2v) is 1.23. The minimum atomic E-state index is -0.407. The van der Waals surface area contributed by atoms with E-state index in [1.54, 1.807) is 14.1 Å². The topological polar surface area (TPSA) is 20.3 Å². The molecule has 0 heterocycles. The minimum Gasteiger partial charge on any atom is -0.359 e. The molecule has 0 atom stereocenters. The smallest absolute Gasteiger partial charge is 0.200 e. The molecular formula is C3H6BNO.